The standard InChI is InChI=1S/C12H19NS/c1-8(2)10(4)14-12-7-9(3)5-6-11(12)13/h5-8,10H,13H2,1-4H3. The third-order valence-electron chi connectivity index (χ3n) is 2.42. The van der Waals surface area contributed by atoms with Gasteiger partial charge in [-0.1, -0.05) is 26.8 Å². The van der Waals surface area contributed by atoms with Crippen molar-refractivity contribution >= 4 is 17.4 Å². The van der Waals surface area contributed by atoms with Gasteiger partial charge in [-0.2, -0.15) is 0 Å². The van der Waals surface area contributed by atoms with Gasteiger partial charge in [0.2, 0.25) is 0 Å². The highest BCUT2D eigenvalue weighted by atomic mass is 32.2. The van der Waals surface area contributed by atoms with Gasteiger partial charge in [0, 0.05) is 15.8 Å². The smallest absolute Gasteiger partial charge is 0.0452 e. The van der Waals surface area contributed by atoms with Crippen LogP contribution in [0.2, 0.25) is 0 Å². The average molecular weight is 209 g/mol. The molecule has 14 heavy (non-hydrogen) atoms. The van der Waals surface area contributed by atoms with Crippen LogP contribution < -0.4 is 5.73 Å². The average Bonchev–Trinajstić information content (AvgIpc) is 2.11. The summed E-state index contributed by atoms with van der Waals surface area (Å²) in [6, 6.07) is 6.21. The molecule has 78 valence electrons. The van der Waals surface area contributed by atoms with Crippen molar-refractivity contribution < 1.29 is 0 Å². The van der Waals surface area contributed by atoms with Crippen LogP contribution in [0.25, 0.3) is 0 Å². The van der Waals surface area contributed by atoms with Gasteiger partial charge in [-0.05, 0) is 30.5 Å². The van der Waals surface area contributed by atoms with Crippen LogP contribution in [0, 0.1) is 12.8 Å². The number of nitrogens with two attached hydrogens (primary N) is 1. The van der Waals surface area contributed by atoms with Crippen molar-refractivity contribution in [1.82, 2.24) is 0 Å². The van der Waals surface area contributed by atoms with Crippen LogP contribution in [0.4, 0.5) is 5.69 Å². The zero-order valence-corrected chi connectivity index (χ0v) is 10.2. The fraction of sp³-hybridized carbons (Fsp3) is 0.500. The molecule has 1 unspecified atom stereocenters. The first kappa shape index (κ1) is 11.4. The highest BCUT2D eigenvalue weighted by Crippen LogP contribution is 2.32. The molecule has 0 aromatic heterocycles. The van der Waals surface area contributed by atoms with Crippen molar-refractivity contribution in [2.45, 2.75) is 37.8 Å². The molecular weight excluding hydrogens is 190 g/mol. The van der Waals surface area contributed by atoms with E-state index in [-0.39, 0.29) is 0 Å². The number of thioether (sulfide) groups is 1. The van der Waals surface area contributed by atoms with Gasteiger partial charge in [-0.25, -0.2) is 0 Å². The van der Waals surface area contributed by atoms with E-state index < -0.39 is 0 Å². The molecule has 1 aromatic carbocycles. The third-order valence-corrected chi connectivity index (χ3v) is 3.94. The molecule has 0 spiro atoms. The van der Waals surface area contributed by atoms with Crippen molar-refractivity contribution in [2.24, 2.45) is 5.92 Å². The van der Waals surface area contributed by atoms with Crippen LogP contribution in [0.1, 0.15) is 26.3 Å². The van der Waals surface area contributed by atoms with Crippen LogP contribution in [0.15, 0.2) is 23.1 Å². The molecule has 0 saturated carbocycles. The number of hydrogen-bond donors (Lipinski definition) is 1. The molecule has 1 atom stereocenters. The molecule has 0 radical (unpaired) electrons. The van der Waals surface area contributed by atoms with Gasteiger partial charge in [-0.3, -0.25) is 0 Å². The summed E-state index contributed by atoms with van der Waals surface area (Å²) in [5, 5.41) is 0.610. The summed E-state index contributed by atoms with van der Waals surface area (Å²) in [5.74, 6) is 0.680. The molecule has 1 nitrogen and oxygen atoms in total. The van der Waals surface area contributed by atoms with Gasteiger partial charge in [0.1, 0.15) is 0 Å². The number of anilines is 1. The molecule has 0 saturated heterocycles. The molecule has 0 amide bonds. The van der Waals surface area contributed by atoms with E-state index in [1.807, 2.05) is 17.8 Å². The zero-order valence-electron chi connectivity index (χ0n) is 9.37. The summed E-state index contributed by atoms with van der Waals surface area (Å²) in [6.07, 6.45) is 0. The number of aryl methyl sites for hydroxylation is 1. The first-order chi connectivity index (χ1) is 6.50. The van der Waals surface area contributed by atoms with E-state index in [0.717, 1.165) is 5.69 Å². The normalized spacial score (nSPS) is 13.2. The topological polar surface area (TPSA) is 26.0 Å². The van der Waals surface area contributed by atoms with E-state index in [1.54, 1.807) is 0 Å². The summed E-state index contributed by atoms with van der Waals surface area (Å²) in [7, 11) is 0. The molecule has 0 aliphatic heterocycles. The molecule has 0 aliphatic carbocycles. The van der Waals surface area contributed by atoms with Gasteiger partial charge in [0.05, 0.1) is 0 Å². The molecule has 0 bridgehead atoms. The van der Waals surface area contributed by atoms with E-state index in [9.17, 15) is 0 Å². The van der Waals surface area contributed by atoms with E-state index >= 15 is 0 Å². The Morgan fingerprint density at radius 2 is 1.86 bits per heavy atom. The highest BCUT2D eigenvalue weighted by Gasteiger charge is 2.10. The fourth-order valence-electron chi connectivity index (χ4n) is 1.08. The van der Waals surface area contributed by atoms with E-state index in [1.165, 1.54) is 10.5 Å². The third kappa shape index (κ3) is 2.95. The molecule has 1 aromatic rings. The lowest BCUT2D eigenvalue weighted by Gasteiger charge is -2.16. The summed E-state index contributed by atoms with van der Waals surface area (Å²) >= 11 is 1.87. The fourth-order valence-corrected chi connectivity index (χ4v) is 2.21. The van der Waals surface area contributed by atoms with Crippen molar-refractivity contribution in [1.29, 1.82) is 0 Å². The Labute approximate surface area is 91.1 Å². The Kier molecular flexibility index (Phi) is 3.87. The Hall–Kier alpha value is -0.630. The zero-order chi connectivity index (χ0) is 10.7. The Balaban J connectivity index is 2.80. The number of hydrogen-bond acceptors (Lipinski definition) is 2. The summed E-state index contributed by atoms with van der Waals surface area (Å²) in [6.45, 7) is 8.83. The van der Waals surface area contributed by atoms with Crippen molar-refractivity contribution in [3.8, 4) is 0 Å². The lowest BCUT2D eigenvalue weighted by molar-refractivity contribution is 0.642. The predicted octanol–water partition coefficient (Wildman–Crippen LogP) is 3.71. The Bertz CT molecular complexity index is 307. The minimum absolute atomic E-state index is 0.610. The minimum atomic E-state index is 0.610. The number of rotatable bonds is 3. The van der Waals surface area contributed by atoms with E-state index in [0.29, 0.717) is 11.2 Å². The van der Waals surface area contributed by atoms with Crippen molar-refractivity contribution in [3.63, 3.8) is 0 Å². The van der Waals surface area contributed by atoms with Crippen LogP contribution in [0.5, 0.6) is 0 Å². The van der Waals surface area contributed by atoms with Crippen LogP contribution in [-0.4, -0.2) is 5.25 Å². The van der Waals surface area contributed by atoms with Gasteiger partial charge in [0.25, 0.3) is 0 Å². The van der Waals surface area contributed by atoms with Crippen molar-refractivity contribution in [2.75, 3.05) is 5.73 Å². The second kappa shape index (κ2) is 4.74. The molecule has 2 N–H and O–H groups in total. The lowest BCUT2D eigenvalue weighted by atomic mass is 10.2. The second-order valence-electron chi connectivity index (χ2n) is 4.11. The maximum absolute atomic E-state index is 5.92. The lowest BCUT2D eigenvalue weighted by Crippen LogP contribution is -2.06. The summed E-state index contributed by atoms with van der Waals surface area (Å²) in [4.78, 5) is 1.21. The molecular formula is C12H19NS. The molecule has 2 heteroatoms. The van der Waals surface area contributed by atoms with Crippen LogP contribution in [-0.2, 0) is 0 Å². The molecule has 0 heterocycles. The van der Waals surface area contributed by atoms with E-state index in [4.69, 9.17) is 5.73 Å². The Morgan fingerprint density at radius 3 is 2.43 bits per heavy atom. The SMILES string of the molecule is Cc1ccc(N)c(SC(C)C(C)C)c1. The maximum Gasteiger partial charge on any atom is 0.0452 e. The minimum Gasteiger partial charge on any atom is -0.398 e. The maximum atomic E-state index is 5.92. The molecule has 1 rings (SSSR count). The summed E-state index contributed by atoms with van der Waals surface area (Å²) < 4.78 is 0. The second-order valence-corrected chi connectivity index (χ2v) is 5.53. The molecule has 0 fully saturated rings. The predicted molar refractivity (Wildman–Crippen MR) is 65.7 cm³/mol. The number of nitrogen functional groups attached to an aromatic ring is 1. The van der Waals surface area contributed by atoms with Gasteiger partial charge in [-0.15, -0.1) is 11.8 Å². The van der Waals surface area contributed by atoms with Gasteiger partial charge >= 0.3 is 0 Å². The van der Waals surface area contributed by atoms with Gasteiger partial charge in [0.15, 0.2) is 0 Å². The number of benzene rings is 1. The quantitative estimate of drug-likeness (QED) is 0.606. The van der Waals surface area contributed by atoms with Gasteiger partial charge < -0.3 is 5.73 Å². The van der Waals surface area contributed by atoms with E-state index in [2.05, 4.69) is 39.8 Å². The summed E-state index contributed by atoms with van der Waals surface area (Å²) in [5.41, 5.74) is 8.09. The molecule has 0 aliphatic rings. The first-order valence-corrected chi connectivity index (χ1v) is 5.91. The first-order valence-electron chi connectivity index (χ1n) is 5.03. The Morgan fingerprint density at radius 1 is 1.21 bits per heavy atom. The van der Waals surface area contributed by atoms with Crippen LogP contribution in [0.3, 0.4) is 0 Å². The van der Waals surface area contributed by atoms with Crippen molar-refractivity contribution in [3.05, 3.63) is 23.8 Å². The largest absolute Gasteiger partial charge is 0.398 e. The highest BCUT2D eigenvalue weighted by molar-refractivity contribution is 8.00. The monoisotopic (exact) mass is 209 g/mol. The van der Waals surface area contributed by atoms with Crippen LogP contribution >= 0.6 is 11.8 Å².